The van der Waals surface area contributed by atoms with Gasteiger partial charge in [-0.05, 0) is 31.1 Å². The molecule has 3 atom stereocenters. The quantitative estimate of drug-likeness (QED) is 0.728. The lowest BCUT2D eigenvalue weighted by atomic mass is 10.0. The first kappa shape index (κ1) is 9.97. The van der Waals surface area contributed by atoms with Gasteiger partial charge in [-0.15, -0.1) is 0 Å². The summed E-state index contributed by atoms with van der Waals surface area (Å²) >= 11 is 0. The molecule has 1 N–H and O–H groups in total. The second-order valence-corrected chi connectivity index (χ2v) is 5.53. The summed E-state index contributed by atoms with van der Waals surface area (Å²) < 4.78 is 0. The summed E-state index contributed by atoms with van der Waals surface area (Å²) in [5, 5.41) is 9.22. The molecule has 0 aromatic rings. The Morgan fingerprint density at radius 1 is 1.50 bits per heavy atom. The number of hydrogen-bond donors (Lipinski definition) is 1. The molecule has 2 rings (SSSR count). The number of fused-ring (bicyclic) bond motifs is 1. The first-order valence-corrected chi connectivity index (χ1v) is 5.36. The molecule has 3 nitrogen and oxygen atoms in total. The van der Waals surface area contributed by atoms with Gasteiger partial charge < -0.3 is 5.11 Å². The van der Waals surface area contributed by atoms with Crippen molar-refractivity contribution in [2.75, 3.05) is 6.54 Å². The van der Waals surface area contributed by atoms with Crippen molar-refractivity contribution in [2.24, 2.45) is 17.3 Å². The van der Waals surface area contributed by atoms with E-state index in [4.69, 9.17) is 0 Å². The fraction of sp³-hybridized carbons (Fsp3) is 0.909. The van der Waals surface area contributed by atoms with E-state index in [0.29, 0.717) is 17.9 Å². The lowest BCUT2D eigenvalue weighted by Gasteiger charge is -2.31. The monoisotopic (exact) mass is 197 g/mol. The SMILES string of the molecule is CC(C)N1C[C@H]2[C@@H]([C@H]1C(=O)O)C2(C)C. The second-order valence-electron chi connectivity index (χ2n) is 5.53. The largest absolute Gasteiger partial charge is 0.480 e. The Kier molecular flexibility index (Phi) is 1.94. The average molecular weight is 197 g/mol. The van der Waals surface area contributed by atoms with Gasteiger partial charge in [0.05, 0.1) is 0 Å². The maximum absolute atomic E-state index is 11.2. The van der Waals surface area contributed by atoms with Crippen LogP contribution >= 0.6 is 0 Å². The minimum Gasteiger partial charge on any atom is -0.480 e. The van der Waals surface area contributed by atoms with Gasteiger partial charge in [-0.25, -0.2) is 0 Å². The second kappa shape index (κ2) is 2.72. The van der Waals surface area contributed by atoms with Gasteiger partial charge in [0.2, 0.25) is 0 Å². The van der Waals surface area contributed by atoms with E-state index in [2.05, 4.69) is 32.6 Å². The molecule has 1 aliphatic carbocycles. The Morgan fingerprint density at radius 2 is 2.07 bits per heavy atom. The van der Waals surface area contributed by atoms with Crippen LogP contribution in [-0.4, -0.2) is 34.6 Å². The molecule has 2 fully saturated rings. The number of hydrogen-bond acceptors (Lipinski definition) is 2. The lowest BCUT2D eigenvalue weighted by molar-refractivity contribution is -0.144. The van der Waals surface area contributed by atoms with Crippen LogP contribution in [0.15, 0.2) is 0 Å². The van der Waals surface area contributed by atoms with Crippen molar-refractivity contribution in [1.29, 1.82) is 0 Å². The van der Waals surface area contributed by atoms with Crippen molar-refractivity contribution in [1.82, 2.24) is 4.90 Å². The summed E-state index contributed by atoms with van der Waals surface area (Å²) in [6, 6.07) is 0.106. The van der Waals surface area contributed by atoms with Crippen LogP contribution in [-0.2, 0) is 4.79 Å². The number of nitrogens with zero attached hydrogens (tertiary/aromatic N) is 1. The van der Waals surface area contributed by atoms with E-state index in [0.717, 1.165) is 6.54 Å². The van der Waals surface area contributed by atoms with Gasteiger partial charge in [-0.1, -0.05) is 13.8 Å². The van der Waals surface area contributed by atoms with Crippen LogP contribution in [0.4, 0.5) is 0 Å². The van der Waals surface area contributed by atoms with Crippen molar-refractivity contribution in [3.05, 3.63) is 0 Å². The Bertz CT molecular complexity index is 270. The molecule has 0 amide bonds. The van der Waals surface area contributed by atoms with Crippen LogP contribution in [0.25, 0.3) is 0 Å². The number of aliphatic carboxylic acids is 1. The van der Waals surface area contributed by atoms with E-state index in [1.165, 1.54) is 0 Å². The Morgan fingerprint density at radius 3 is 2.50 bits per heavy atom. The summed E-state index contributed by atoms with van der Waals surface area (Å²) in [5.74, 6) is 0.338. The van der Waals surface area contributed by atoms with E-state index in [1.807, 2.05) is 0 Å². The molecule has 80 valence electrons. The van der Waals surface area contributed by atoms with Crippen LogP contribution in [0.2, 0.25) is 0 Å². The Labute approximate surface area is 85.1 Å². The maximum Gasteiger partial charge on any atom is 0.321 e. The zero-order chi connectivity index (χ0) is 10.7. The highest BCUT2D eigenvalue weighted by molar-refractivity contribution is 5.75. The number of piperidine rings is 1. The van der Waals surface area contributed by atoms with Crippen LogP contribution in [0.3, 0.4) is 0 Å². The maximum atomic E-state index is 11.2. The summed E-state index contributed by atoms with van der Waals surface area (Å²) in [5.41, 5.74) is 0.258. The minimum absolute atomic E-state index is 0.241. The van der Waals surface area contributed by atoms with Crippen LogP contribution in [0.5, 0.6) is 0 Å². The third-order valence-electron chi connectivity index (χ3n) is 4.16. The van der Waals surface area contributed by atoms with Gasteiger partial charge in [-0.3, -0.25) is 9.69 Å². The van der Waals surface area contributed by atoms with E-state index < -0.39 is 5.97 Å². The Balaban J connectivity index is 2.19. The number of carbonyl (C=O) groups is 1. The van der Waals surface area contributed by atoms with E-state index >= 15 is 0 Å². The smallest absolute Gasteiger partial charge is 0.321 e. The molecule has 1 saturated heterocycles. The number of carboxylic acids is 1. The number of carboxylic acid groups (broad SMARTS) is 1. The van der Waals surface area contributed by atoms with Crippen LogP contribution < -0.4 is 0 Å². The van der Waals surface area contributed by atoms with Gasteiger partial charge in [0.15, 0.2) is 0 Å². The molecular weight excluding hydrogens is 178 g/mol. The molecular formula is C11H19NO2. The zero-order valence-corrected chi connectivity index (χ0v) is 9.32. The first-order valence-electron chi connectivity index (χ1n) is 5.36. The summed E-state index contributed by atoms with van der Waals surface area (Å²) in [4.78, 5) is 13.3. The van der Waals surface area contributed by atoms with Gasteiger partial charge in [0.25, 0.3) is 0 Å². The first-order chi connectivity index (χ1) is 6.37. The molecule has 14 heavy (non-hydrogen) atoms. The van der Waals surface area contributed by atoms with E-state index in [9.17, 15) is 9.90 Å². The minimum atomic E-state index is -0.642. The predicted octanol–water partition coefficient (Wildman–Crippen LogP) is 1.44. The van der Waals surface area contributed by atoms with Crippen molar-refractivity contribution < 1.29 is 9.90 Å². The van der Waals surface area contributed by atoms with Crippen molar-refractivity contribution >= 4 is 5.97 Å². The molecule has 3 heteroatoms. The molecule has 1 saturated carbocycles. The van der Waals surface area contributed by atoms with Gasteiger partial charge in [0, 0.05) is 12.6 Å². The number of rotatable bonds is 2. The molecule has 0 unspecified atom stereocenters. The fourth-order valence-electron chi connectivity index (χ4n) is 3.14. The van der Waals surface area contributed by atoms with Gasteiger partial charge >= 0.3 is 5.97 Å². The predicted molar refractivity (Wildman–Crippen MR) is 54.0 cm³/mol. The third kappa shape index (κ3) is 1.11. The summed E-state index contributed by atoms with van der Waals surface area (Å²) in [7, 11) is 0. The molecule has 2 aliphatic rings. The highest BCUT2D eigenvalue weighted by atomic mass is 16.4. The van der Waals surface area contributed by atoms with Crippen molar-refractivity contribution in [2.45, 2.75) is 39.8 Å². The third-order valence-corrected chi connectivity index (χ3v) is 4.16. The van der Waals surface area contributed by atoms with Gasteiger partial charge in [0.1, 0.15) is 6.04 Å². The fourth-order valence-corrected chi connectivity index (χ4v) is 3.14. The van der Waals surface area contributed by atoms with Crippen LogP contribution in [0, 0.1) is 17.3 Å². The molecule has 1 aliphatic heterocycles. The van der Waals surface area contributed by atoms with Crippen molar-refractivity contribution in [3.8, 4) is 0 Å². The molecule has 0 spiro atoms. The van der Waals surface area contributed by atoms with E-state index in [1.54, 1.807) is 0 Å². The van der Waals surface area contributed by atoms with E-state index in [-0.39, 0.29) is 11.5 Å². The standard InChI is InChI=1S/C11H19NO2/c1-6(2)12-5-7-8(11(7,3)4)9(12)10(13)14/h6-9H,5H2,1-4H3,(H,13,14)/t7-,8-,9-/m0/s1. The Hall–Kier alpha value is -0.570. The average Bonchev–Trinajstić information content (AvgIpc) is 2.47. The van der Waals surface area contributed by atoms with Gasteiger partial charge in [-0.2, -0.15) is 0 Å². The molecule has 0 radical (unpaired) electrons. The lowest BCUT2D eigenvalue weighted by Crippen LogP contribution is -2.45. The molecule has 1 heterocycles. The topological polar surface area (TPSA) is 40.5 Å². The highest BCUT2D eigenvalue weighted by Gasteiger charge is 2.68. The number of likely N-dealkylation sites (tertiary alicyclic amines) is 1. The zero-order valence-electron chi connectivity index (χ0n) is 9.32. The summed E-state index contributed by atoms with van der Waals surface area (Å²) in [6.07, 6.45) is 0. The molecule has 0 bridgehead atoms. The molecule has 0 aromatic carbocycles. The summed E-state index contributed by atoms with van der Waals surface area (Å²) in [6.45, 7) is 9.50. The molecule has 0 aromatic heterocycles. The van der Waals surface area contributed by atoms with Crippen molar-refractivity contribution in [3.63, 3.8) is 0 Å². The normalized spacial score (nSPS) is 39.9. The highest BCUT2D eigenvalue weighted by Crippen LogP contribution is 2.65. The van der Waals surface area contributed by atoms with Crippen LogP contribution in [0.1, 0.15) is 27.7 Å².